The van der Waals surface area contributed by atoms with Crippen molar-refractivity contribution in [3.8, 4) is 0 Å². The third-order valence-corrected chi connectivity index (χ3v) is 9.75. The van der Waals surface area contributed by atoms with E-state index in [1.54, 1.807) is 6.08 Å². The number of hydrogen-bond acceptors (Lipinski definition) is 3. The molecule has 4 rings (SSSR count). The molecule has 0 aromatic heterocycles. The molecule has 1 aliphatic heterocycles. The summed E-state index contributed by atoms with van der Waals surface area (Å²) < 4.78 is 39.8. The lowest BCUT2D eigenvalue weighted by molar-refractivity contribution is -0.180. The highest BCUT2D eigenvalue weighted by Gasteiger charge is 2.61. The van der Waals surface area contributed by atoms with Crippen LogP contribution in [0.3, 0.4) is 0 Å². The van der Waals surface area contributed by atoms with Gasteiger partial charge in [-0.2, -0.15) is 13.2 Å². The van der Waals surface area contributed by atoms with Gasteiger partial charge in [-0.1, -0.05) is 26.8 Å². The summed E-state index contributed by atoms with van der Waals surface area (Å²) in [7, 11) is 0. The second-order valence-corrected chi connectivity index (χ2v) is 11.3. The highest BCUT2D eigenvalue weighted by atomic mass is 19.4. The fraction of sp³-hybridized carbons (Fsp3) is 0.800. The quantitative estimate of drug-likeness (QED) is 0.650. The Kier molecular flexibility index (Phi) is 5.97. The van der Waals surface area contributed by atoms with E-state index in [-0.39, 0.29) is 22.8 Å². The Balaban J connectivity index is 1.53. The fourth-order valence-electron chi connectivity index (χ4n) is 7.79. The van der Waals surface area contributed by atoms with Gasteiger partial charge >= 0.3 is 6.18 Å². The molecule has 0 aromatic rings. The van der Waals surface area contributed by atoms with Crippen molar-refractivity contribution in [2.45, 2.75) is 84.5 Å². The molecule has 3 fully saturated rings. The number of halogens is 3. The highest BCUT2D eigenvalue weighted by Crippen LogP contribution is 2.65. The third-order valence-electron chi connectivity index (χ3n) is 9.75. The van der Waals surface area contributed by atoms with E-state index in [2.05, 4.69) is 30.6 Å². The van der Waals surface area contributed by atoms with E-state index in [9.17, 15) is 27.6 Å². The maximum Gasteiger partial charge on any atom is 0.393 e. The van der Waals surface area contributed by atoms with Gasteiger partial charge in [0, 0.05) is 17.4 Å². The van der Waals surface area contributed by atoms with Crippen molar-refractivity contribution >= 4 is 17.6 Å². The number of ketones is 1. The van der Waals surface area contributed by atoms with Crippen molar-refractivity contribution in [1.29, 1.82) is 0 Å². The molecule has 0 bridgehead atoms. The van der Waals surface area contributed by atoms with Gasteiger partial charge in [0.2, 0.25) is 11.8 Å². The minimum atomic E-state index is -4.55. The molecule has 0 spiro atoms. The first-order valence-electron chi connectivity index (χ1n) is 12.2. The van der Waals surface area contributed by atoms with Crippen LogP contribution in [0.15, 0.2) is 12.2 Å². The first-order valence-corrected chi connectivity index (χ1v) is 12.2. The van der Waals surface area contributed by atoms with Crippen LogP contribution in [-0.2, 0) is 14.4 Å². The Bertz CT molecular complexity index is 871. The maximum atomic E-state index is 13.3. The first kappa shape index (κ1) is 24.3. The summed E-state index contributed by atoms with van der Waals surface area (Å²) in [5, 5.41) is 5.61. The summed E-state index contributed by atoms with van der Waals surface area (Å²) in [6, 6.07) is -1.43. The van der Waals surface area contributed by atoms with E-state index in [0.717, 1.165) is 46.0 Å². The van der Waals surface area contributed by atoms with Crippen molar-refractivity contribution < 1.29 is 27.6 Å². The van der Waals surface area contributed by atoms with Gasteiger partial charge in [-0.15, -0.1) is 0 Å². The molecule has 0 aromatic carbocycles. The SMILES string of the molecule is CC(=O)C(NC(=O)[C@H]1CC[C@H]2[C@@H]3CC[C@H]4NC(=O)C=C[C@]4(C)[C@H]3CC[C@]12C)C(C)C(F)(F)F. The van der Waals surface area contributed by atoms with Gasteiger partial charge in [-0.05, 0) is 74.7 Å². The zero-order chi connectivity index (χ0) is 24.3. The summed E-state index contributed by atoms with van der Waals surface area (Å²) in [5.74, 6) is -2.31. The highest BCUT2D eigenvalue weighted by molar-refractivity contribution is 5.89. The number of carbonyl (C=O) groups is 3. The number of nitrogens with one attached hydrogen (secondary N) is 2. The van der Waals surface area contributed by atoms with Gasteiger partial charge in [0.1, 0.15) is 0 Å². The molecular weight excluding hydrogens is 433 g/mol. The van der Waals surface area contributed by atoms with Crippen LogP contribution in [0, 0.1) is 40.4 Å². The molecule has 2 N–H and O–H groups in total. The van der Waals surface area contributed by atoms with Crippen molar-refractivity contribution in [2.24, 2.45) is 40.4 Å². The number of amides is 2. The molecule has 3 saturated carbocycles. The molecule has 3 aliphatic carbocycles. The third kappa shape index (κ3) is 3.91. The molecule has 1 heterocycles. The maximum absolute atomic E-state index is 13.3. The molecule has 5 nitrogen and oxygen atoms in total. The van der Waals surface area contributed by atoms with Gasteiger partial charge in [-0.25, -0.2) is 0 Å². The van der Waals surface area contributed by atoms with Crippen LogP contribution in [0.2, 0.25) is 0 Å². The molecule has 0 radical (unpaired) electrons. The summed E-state index contributed by atoms with van der Waals surface area (Å²) in [4.78, 5) is 37.1. The van der Waals surface area contributed by atoms with Gasteiger partial charge in [-0.3, -0.25) is 14.4 Å². The zero-order valence-electron chi connectivity index (χ0n) is 19.8. The largest absolute Gasteiger partial charge is 0.393 e. The Morgan fingerprint density at radius 1 is 1.12 bits per heavy atom. The van der Waals surface area contributed by atoms with Gasteiger partial charge < -0.3 is 10.6 Å². The van der Waals surface area contributed by atoms with Gasteiger partial charge in [0.25, 0.3) is 0 Å². The topological polar surface area (TPSA) is 75.3 Å². The molecule has 8 heteroatoms. The predicted molar refractivity (Wildman–Crippen MR) is 117 cm³/mol. The molecule has 4 aliphatic rings. The average molecular weight is 469 g/mol. The van der Waals surface area contributed by atoms with E-state index < -0.39 is 35.7 Å². The van der Waals surface area contributed by atoms with Crippen molar-refractivity contribution in [3.05, 3.63) is 12.2 Å². The second kappa shape index (κ2) is 8.12. The lowest BCUT2D eigenvalue weighted by Crippen LogP contribution is -2.60. The van der Waals surface area contributed by atoms with E-state index >= 15 is 0 Å². The Labute approximate surface area is 193 Å². The summed E-state index contributed by atoms with van der Waals surface area (Å²) >= 11 is 0. The second-order valence-electron chi connectivity index (χ2n) is 11.3. The predicted octanol–water partition coefficient (Wildman–Crippen LogP) is 4.17. The first-order chi connectivity index (χ1) is 15.3. The minimum absolute atomic E-state index is 0.0396. The van der Waals surface area contributed by atoms with Gasteiger partial charge in [0.05, 0.1) is 12.0 Å². The molecule has 0 saturated heterocycles. The minimum Gasteiger partial charge on any atom is -0.349 e. The van der Waals surface area contributed by atoms with E-state index in [1.807, 2.05) is 0 Å². The Morgan fingerprint density at radius 2 is 1.82 bits per heavy atom. The number of hydrogen-bond donors (Lipinski definition) is 2. The molecular formula is C25H35F3N2O3. The molecule has 2 amide bonds. The monoisotopic (exact) mass is 468 g/mol. The summed E-state index contributed by atoms with van der Waals surface area (Å²) in [6.07, 6.45) is 4.28. The van der Waals surface area contributed by atoms with Crippen LogP contribution in [0.5, 0.6) is 0 Å². The van der Waals surface area contributed by atoms with Crippen LogP contribution >= 0.6 is 0 Å². The van der Waals surface area contributed by atoms with Crippen LogP contribution in [0.1, 0.15) is 66.2 Å². The number of rotatable bonds is 4. The van der Waals surface area contributed by atoms with Crippen LogP contribution in [0.25, 0.3) is 0 Å². The number of fused-ring (bicyclic) bond motifs is 5. The van der Waals surface area contributed by atoms with E-state index in [4.69, 9.17) is 0 Å². The molecule has 9 atom stereocenters. The van der Waals surface area contributed by atoms with E-state index in [1.165, 1.54) is 0 Å². The number of carbonyl (C=O) groups excluding carboxylic acids is 3. The van der Waals surface area contributed by atoms with Crippen LogP contribution < -0.4 is 10.6 Å². The lowest BCUT2D eigenvalue weighted by Gasteiger charge is -2.58. The zero-order valence-corrected chi connectivity index (χ0v) is 19.8. The number of alkyl halides is 3. The standard InChI is InChI=1S/C25H35F3N2O3/c1-13(25(26,27)28)21(14(2)31)30-22(33)18-7-6-16-15-5-8-19-24(4,12-10-20(32)29-19)17(15)9-11-23(16,18)3/h10,12-13,15-19,21H,5-9,11H2,1-4H3,(H,29,32)(H,30,33)/t13?,15-,16-,17-,18+,19+,21?,23-,24+/m0/s1. The average Bonchev–Trinajstić information content (AvgIpc) is 3.08. The van der Waals surface area contributed by atoms with Crippen molar-refractivity contribution in [3.63, 3.8) is 0 Å². The Hall–Kier alpha value is -1.86. The van der Waals surface area contributed by atoms with E-state index in [0.29, 0.717) is 24.2 Å². The summed E-state index contributed by atoms with van der Waals surface area (Å²) in [5.41, 5.74) is -0.404. The smallest absolute Gasteiger partial charge is 0.349 e. The molecule has 2 unspecified atom stereocenters. The fourth-order valence-corrected chi connectivity index (χ4v) is 7.79. The van der Waals surface area contributed by atoms with Gasteiger partial charge in [0.15, 0.2) is 5.78 Å². The normalized spacial score (nSPS) is 41.8. The summed E-state index contributed by atoms with van der Waals surface area (Å²) in [6.45, 7) is 6.40. The van der Waals surface area contributed by atoms with Crippen LogP contribution in [-0.4, -0.2) is 35.9 Å². The van der Waals surface area contributed by atoms with Crippen molar-refractivity contribution in [1.82, 2.24) is 10.6 Å². The molecule has 184 valence electrons. The number of Topliss-reactive ketones (excluding diaryl/α,β-unsaturated/α-hetero) is 1. The lowest BCUT2D eigenvalue weighted by atomic mass is 9.48. The van der Waals surface area contributed by atoms with Crippen molar-refractivity contribution in [2.75, 3.05) is 0 Å². The Morgan fingerprint density at radius 3 is 2.45 bits per heavy atom. The molecule has 33 heavy (non-hydrogen) atoms. The van der Waals surface area contributed by atoms with Crippen LogP contribution in [0.4, 0.5) is 13.2 Å².